The number of halogens is 1. The van der Waals surface area contributed by atoms with Gasteiger partial charge in [-0.05, 0) is 18.4 Å². The monoisotopic (exact) mass is 479 g/mol. The molecule has 2 aliphatic heterocycles. The van der Waals surface area contributed by atoms with Gasteiger partial charge in [-0.15, -0.1) is 24.0 Å². The molecule has 25 heavy (non-hydrogen) atoms. The normalized spacial score (nSPS) is 28.4. The largest absolute Gasteiger partial charge is 0.373 e. The SMILES string of the molecule is CN=C(NCC1CCOC1c1ccccc1)NC1CCS(=O)(=O)C1.I. The molecule has 2 heterocycles. The van der Waals surface area contributed by atoms with E-state index < -0.39 is 9.84 Å². The van der Waals surface area contributed by atoms with E-state index in [-0.39, 0.29) is 47.6 Å². The Balaban J connectivity index is 0.00000225. The van der Waals surface area contributed by atoms with Gasteiger partial charge in [0, 0.05) is 32.2 Å². The number of hydrogen-bond acceptors (Lipinski definition) is 4. The van der Waals surface area contributed by atoms with Gasteiger partial charge >= 0.3 is 0 Å². The van der Waals surface area contributed by atoms with Crippen molar-refractivity contribution in [3.8, 4) is 0 Å². The van der Waals surface area contributed by atoms with Crippen LogP contribution in [0.5, 0.6) is 0 Å². The van der Waals surface area contributed by atoms with Gasteiger partial charge in [-0.1, -0.05) is 30.3 Å². The molecule has 1 aromatic carbocycles. The first-order valence-electron chi connectivity index (χ1n) is 8.41. The maximum absolute atomic E-state index is 11.6. The highest BCUT2D eigenvalue weighted by atomic mass is 127. The molecule has 0 bridgehead atoms. The summed E-state index contributed by atoms with van der Waals surface area (Å²) in [5, 5.41) is 6.55. The molecule has 2 fully saturated rings. The zero-order valence-corrected chi connectivity index (χ0v) is 17.5. The van der Waals surface area contributed by atoms with Crippen LogP contribution in [0.2, 0.25) is 0 Å². The molecule has 0 saturated carbocycles. The third-order valence-corrected chi connectivity index (χ3v) is 6.44. The topological polar surface area (TPSA) is 79.8 Å². The minimum absolute atomic E-state index is 0. The van der Waals surface area contributed by atoms with E-state index in [1.54, 1.807) is 7.05 Å². The van der Waals surface area contributed by atoms with Crippen LogP contribution in [0, 0.1) is 5.92 Å². The van der Waals surface area contributed by atoms with Crippen molar-refractivity contribution in [2.24, 2.45) is 10.9 Å². The lowest BCUT2D eigenvalue weighted by atomic mass is 9.95. The quantitative estimate of drug-likeness (QED) is 0.391. The van der Waals surface area contributed by atoms with Gasteiger partial charge in [0.1, 0.15) is 0 Å². The van der Waals surface area contributed by atoms with Crippen LogP contribution in [0.15, 0.2) is 35.3 Å². The van der Waals surface area contributed by atoms with E-state index in [0.29, 0.717) is 18.3 Å². The summed E-state index contributed by atoms with van der Waals surface area (Å²) in [6.45, 7) is 1.51. The van der Waals surface area contributed by atoms with Crippen LogP contribution < -0.4 is 10.6 Å². The smallest absolute Gasteiger partial charge is 0.191 e. The molecule has 140 valence electrons. The molecule has 0 aliphatic carbocycles. The number of aliphatic imine (C=N–C) groups is 1. The molecule has 6 nitrogen and oxygen atoms in total. The Morgan fingerprint density at radius 2 is 2.04 bits per heavy atom. The molecule has 2 N–H and O–H groups in total. The first kappa shape index (κ1) is 20.4. The predicted molar refractivity (Wildman–Crippen MR) is 110 cm³/mol. The van der Waals surface area contributed by atoms with Crippen molar-refractivity contribution in [2.45, 2.75) is 25.0 Å². The summed E-state index contributed by atoms with van der Waals surface area (Å²) < 4.78 is 29.0. The number of benzene rings is 1. The molecule has 2 aliphatic rings. The third kappa shape index (κ3) is 5.55. The number of rotatable bonds is 4. The van der Waals surface area contributed by atoms with Gasteiger partial charge in [-0.25, -0.2) is 8.42 Å². The maximum atomic E-state index is 11.6. The fourth-order valence-electron chi connectivity index (χ4n) is 3.38. The van der Waals surface area contributed by atoms with Crippen molar-refractivity contribution in [3.63, 3.8) is 0 Å². The van der Waals surface area contributed by atoms with Crippen LogP contribution in [0.1, 0.15) is 24.5 Å². The van der Waals surface area contributed by atoms with Crippen LogP contribution >= 0.6 is 24.0 Å². The highest BCUT2D eigenvalue weighted by molar-refractivity contribution is 14.0. The number of guanidine groups is 1. The molecule has 0 radical (unpaired) electrons. The van der Waals surface area contributed by atoms with Gasteiger partial charge in [0.15, 0.2) is 15.8 Å². The Hall–Kier alpha value is -0.870. The minimum Gasteiger partial charge on any atom is -0.373 e. The van der Waals surface area contributed by atoms with Crippen molar-refractivity contribution >= 4 is 39.8 Å². The molecule has 0 spiro atoms. The lowest BCUT2D eigenvalue weighted by molar-refractivity contribution is 0.0915. The molecule has 1 aromatic rings. The van der Waals surface area contributed by atoms with E-state index in [1.165, 1.54) is 5.56 Å². The molecule has 8 heteroatoms. The fourth-order valence-corrected chi connectivity index (χ4v) is 5.05. The highest BCUT2D eigenvalue weighted by Crippen LogP contribution is 2.33. The number of sulfone groups is 1. The van der Waals surface area contributed by atoms with E-state index in [1.807, 2.05) is 18.2 Å². The summed E-state index contributed by atoms with van der Waals surface area (Å²) in [6, 6.07) is 10.2. The molecular formula is C17H26IN3O3S. The van der Waals surface area contributed by atoms with Crippen molar-refractivity contribution < 1.29 is 13.2 Å². The zero-order chi connectivity index (χ0) is 17.0. The van der Waals surface area contributed by atoms with Crippen LogP contribution in [-0.2, 0) is 14.6 Å². The predicted octanol–water partition coefficient (Wildman–Crippen LogP) is 1.73. The first-order chi connectivity index (χ1) is 11.6. The molecule has 2 saturated heterocycles. The van der Waals surface area contributed by atoms with E-state index in [0.717, 1.165) is 19.6 Å². The average Bonchev–Trinajstić information content (AvgIpc) is 3.18. The van der Waals surface area contributed by atoms with E-state index in [2.05, 4.69) is 27.8 Å². The molecule has 0 aromatic heterocycles. The van der Waals surface area contributed by atoms with Crippen molar-refractivity contribution in [1.82, 2.24) is 10.6 Å². The molecule has 3 unspecified atom stereocenters. The second-order valence-corrected chi connectivity index (χ2v) is 8.68. The Labute approximate surface area is 166 Å². The Morgan fingerprint density at radius 3 is 2.68 bits per heavy atom. The Bertz CT molecular complexity index is 682. The first-order valence-corrected chi connectivity index (χ1v) is 10.2. The number of hydrogen-bond donors (Lipinski definition) is 2. The number of nitrogens with zero attached hydrogens (tertiary/aromatic N) is 1. The second-order valence-electron chi connectivity index (χ2n) is 6.45. The van der Waals surface area contributed by atoms with Gasteiger partial charge in [0.25, 0.3) is 0 Å². The Kier molecular flexibility index (Phi) is 7.51. The summed E-state index contributed by atoms with van der Waals surface area (Å²) in [5.74, 6) is 1.48. The molecule has 3 rings (SSSR count). The summed E-state index contributed by atoms with van der Waals surface area (Å²) in [4.78, 5) is 4.22. The van der Waals surface area contributed by atoms with Crippen LogP contribution in [0.25, 0.3) is 0 Å². The van der Waals surface area contributed by atoms with Crippen LogP contribution in [0.3, 0.4) is 0 Å². The van der Waals surface area contributed by atoms with Crippen LogP contribution in [-0.4, -0.2) is 52.1 Å². The number of nitrogens with one attached hydrogen (secondary N) is 2. The van der Waals surface area contributed by atoms with Crippen molar-refractivity contribution in [2.75, 3.05) is 31.7 Å². The lowest BCUT2D eigenvalue weighted by Gasteiger charge is -2.22. The van der Waals surface area contributed by atoms with Gasteiger partial charge in [0.2, 0.25) is 0 Å². The minimum atomic E-state index is -2.89. The zero-order valence-electron chi connectivity index (χ0n) is 14.3. The van der Waals surface area contributed by atoms with Crippen molar-refractivity contribution in [1.29, 1.82) is 0 Å². The number of ether oxygens (including phenoxy) is 1. The lowest BCUT2D eigenvalue weighted by Crippen LogP contribution is -2.45. The summed E-state index contributed by atoms with van der Waals surface area (Å²) in [7, 11) is -1.18. The van der Waals surface area contributed by atoms with E-state index in [9.17, 15) is 8.42 Å². The molecule has 0 amide bonds. The highest BCUT2D eigenvalue weighted by Gasteiger charge is 2.31. The second kappa shape index (κ2) is 9.18. The molecule has 3 atom stereocenters. The van der Waals surface area contributed by atoms with Crippen LogP contribution in [0.4, 0.5) is 0 Å². The third-order valence-electron chi connectivity index (χ3n) is 4.67. The van der Waals surface area contributed by atoms with Gasteiger partial charge in [-0.2, -0.15) is 0 Å². The van der Waals surface area contributed by atoms with Gasteiger partial charge in [0.05, 0.1) is 17.6 Å². The average molecular weight is 479 g/mol. The summed E-state index contributed by atoms with van der Waals surface area (Å²) in [5.41, 5.74) is 1.20. The van der Waals surface area contributed by atoms with Crippen molar-refractivity contribution in [3.05, 3.63) is 35.9 Å². The standard InChI is InChI=1S/C17H25N3O3S.HI/c1-18-17(20-15-8-10-24(21,22)12-15)19-11-14-7-9-23-16(14)13-5-3-2-4-6-13;/h2-6,14-16H,7-12H2,1H3,(H2,18,19,20);1H. The molecular weight excluding hydrogens is 453 g/mol. The van der Waals surface area contributed by atoms with E-state index in [4.69, 9.17) is 4.74 Å². The Morgan fingerprint density at radius 1 is 1.28 bits per heavy atom. The summed E-state index contributed by atoms with van der Waals surface area (Å²) >= 11 is 0. The van der Waals surface area contributed by atoms with Gasteiger partial charge < -0.3 is 15.4 Å². The van der Waals surface area contributed by atoms with Gasteiger partial charge in [-0.3, -0.25) is 4.99 Å². The summed E-state index contributed by atoms with van der Waals surface area (Å²) in [6.07, 6.45) is 1.74. The maximum Gasteiger partial charge on any atom is 0.191 e. The fraction of sp³-hybridized carbons (Fsp3) is 0.588. The van der Waals surface area contributed by atoms with E-state index >= 15 is 0 Å².